The molecule has 0 saturated carbocycles. The van der Waals surface area contributed by atoms with E-state index in [-0.39, 0.29) is 29.8 Å². The molecule has 0 aliphatic carbocycles. The SMILES string of the molecule is Cc1cccc(CN2C[C@]34C=C[C@H](O3)[C@H](C(=O)N3CCSCC3)[C@H]4C2=O)c1. The fraction of sp³-hybridized carbons (Fsp3) is 0.524. The zero-order valence-electron chi connectivity index (χ0n) is 15.5. The molecule has 4 heterocycles. The van der Waals surface area contributed by atoms with Gasteiger partial charge in [-0.2, -0.15) is 11.8 Å². The smallest absolute Gasteiger partial charge is 0.230 e. The molecule has 1 aromatic rings. The minimum Gasteiger partial charge on any atom is -0.360 e. The van der Waals surface area contributed by atoms with Crippen molar-refractivity contribution in [3.05, 3.63) is 47.5 Å². The van der Waals surface area contributed by atoms with Crippen LogP contribution in [-0.2, 0) is 20.9 Å². The quantitative estimate of drug-likeness (QED) is 0.747. The number of aryl methyl sites for hydroxylation is 1. The summed E-state index contributed by atoms with van der Waals surface area (Å²) in [5, 5.41) is 0. The second-order valence-electron chi connectivity index (χ2n) is 8.02. The lowest BCUT2D eigenvalue weighted by atomic mass is 9.76. The fourth-order valence-corrected chi connectivity index (χ4v) is 5.92. The highest BCUT2D eigenvalue weighted by atomic mass is 32.2. The van der Waals surface area contributed by atoms with E-state index in [2.05, 4.69) is 19.1 Å². The molecule has 1 aromatic carbocycles. The maximum Gasteiger partial charge on any atom is 0.230 e. The van der Waals surface area contributed by atoms with E-state index in [1.807, 2.05) is 45.8 Å². The second-order valence-corrected chi connectivity index (χ2v) is 9.25. The lowest BCUT2D eigenvalue weighted by Crippen LogP contribution is -2.48. The van der Waals surface area contributed by atoms with Crippen LogP contribution in [-0.4, -0.2) is 64.5 Å². The van der Waals surface area contributed by atoms with E-state index >= 15 is 0 Å². The van der Waals surface area contributed by atoms with Gasteiger partial charge in [0.15, 0.2) is 0 Å². The molecular formula is C21H24N2O3S. The average Bonchev–Trinajstić information content (AvgIpc) is 3.30. The zero-order valence-corrected chi connectivity index (χ0v) is 16.3. The third-order valence-corrected chi connectivity index (χ3v) is 7.19. The van der Waals surface area contributed by atoms with Crippen LogP contribution in [0.2, 0.25) is 0 Å². The fourth-order valence-electron chi connectivity index (χ4n) is 5.02. The molecule has 2 amide bonds. The lowest BCUT2D eigenvalue weighted by Gasteiger charge is -2.32. The molecule has 0 unspecified atom stereocenters. The molecule has 2 bridgehead atoms. The van der Waals surface area contributed by atoms with Gasteiger partial charge in [0.1, 0.15) is 5.60 Å². The van der Waals surface area contributed by atoms with Gasteiger partial charge in [0, 0.05) is 31.1 Å². The Balaban J connectivity index is 1.39. The Morgan fingerprint density at radius 3 is 2.93 bits per heavy atom. The summed E-state index contributed by atoms with van der Waals surface area (Å²) in [6.45, 7) is 4.72. The number of nitrogens with zero attached hydrogens (tertiary/aromatic N) is 2. The Morgan fingerprint density at radius 2 is 2.15 bits per heavy atom. The Labute approximate surface area is 163 Å². The summed E-state index contributed by atoms with van der Waals surface area (Å²) in [5.74, 6) is 1.37. The van der Waals surface area contributed by atoms with Crippen molar-refractivity contribution < 1.29 is 14.3 Å². The topological polar surface area (TPSA) is 49.9 Å². The molecule has 4 atom stereocenters. The van der Waals surface area contributed by atoms with Gasteiger partial charge in [-0.15, -0.1) is 0 Å². The number of likely N-dealkylation sites (tertiary alicyclic amines) is 1. The number of hydrogen-bond donors (Lipinski definition) is 0. The number of benzene rings is 1. The molecule has 0 radical (unpaired) electrons. The number of carbonyl (C=O) groups is 2. The highest BCUT2D eigenvalue weighted by Gasteiger charge is 2.67. The minimum absolute atomic E-state index is 0.0630. The number of thioether (sulfide) groups is 1. The van der Waals surface area contributed by atoms with Crippen LogP contribution in [0.3, 0.4) is 0 Å². The van der Waals surface area contributed by atoms with Crippen molar-refractivity contribution in [3.8, 4) is 0 Å². The van der Waals surface area contributed by atoms with Crippen molar-refractivity contribution in [3.63, 3.8) is 0 Å². The van der Waals surface area contributed by atoms with Crippen LogP contribution >= 0.6 is 11.8 Å². The molecule has 27 heavy (non-hydrogen) atoms. The van der Waals surface area contributed by atoms with E-state index in [0.29, 0.717) is 13.1 Å². The van der Waals surface area contributed by atoms with Gasteiger partial charge in [-0.3, -0.25) is 9.59 Å². The lowest BCUT2D eigenvalue weighted by molar-refractivity contribution is -0.143. The summed E-state index contributed by atoms with van der Waals surface area (Å²) in [7, 11) is 0. The van der Waals surface area contributed by atoms with Crippen LogP contribution in [0.4, 0.5) is 0 Å². The first kappa shape index (κ1) is 17.3. The predicted molar refractivity (Wildman–Crippen MR) is 104 cm³/mol. The van der Waals surface area contributed by atoms with Gasteiger partial charge >= 0.3 is 0 Å². The summed E-state index contributed by atoms with van der Waals surface area (Å²) >= 11 is 1.88. The first-order chi connectivity index (χ1) is 13.1. The molecule has 142 valence electrons. The Bertz CT molecular complexity index is 819. The molecule has 3 fully saturated rings. The molecule has 4 aliphatic heterocycles. The Morgan fingerprint density at radius 1 is 1.33 bits per heavy atom. The van der Waals surface area contributed by atoms with Gasteiger partial charge in [-0.1, -0.05) is 42.0 Å². The predicted octanol–water partition coefficient (Wildman–Crippen LogP) is 1.85. The highest BCUT2D eigenvalue weighted by molar-refractivity contribution is 7.99. The normalized spacial score (nSPS) is 34.4. The van der Waals surface area contributed by atoms with E-state index in [1.165, 1.54) is 5.56 Å². The van der Waals surface area contributed by atoms with E-state index in [9.17, 15) is 9.59 Å². The molecule has 4 aliphatic rings. The molecule has 0 N–H and O–H groups in total. The van der Waals surface area contributed by atoms with Gasteiger partial charge in [-0.25, -0.2) is 0 Å². The van der Waals surface area contributed by atoms with Gasteiger partial charge in [0.2, 0.25) is 11.8 Å². The summed E-state index contributed by atoms with van der Waals surface area (Å²) in [4.78, 5) is 30.3. The number of carbonyl (C=O) groups excluding carboxylic acids is 2. The molecule has 3 saturated heterocycles. The third-order valence-electron chi connectivity index (χ3n) is 6.24. The molecule has 5 nitrogen and oxygen atoms in total. The maximum atomic E-state index is 13.3. The summed E-state index contributed by atoms with van der Waals surface area (Å²) in [6, 6.07) is 8.24. The first-order valence-electron chi connectivity index (χ1n) is 9.65. The number of fused-ring (bicyclic) bond motifs is 1. The Hall–Kier alpha value is -1.79. The number of ether oxygens (including phenoxy) is 1. The third kappa shape index (κ3) is 2.72. The zero-order chi connectivity index (χ0) is 18.6. The summed E-state index contributed by atoms with van der Waals surface area (Å²) in [6.07, 6.45) is 3.79. The van der Waals surface area contributed by atoms with Crippen LogP contribution in [0.25, 0.3) is 0 Å². The average molecular weight is 385 g/mol. The van der Waals surface area contributed by atoms with E-state index in [0.717, 1.165) is 30.2 Å². The Kier molecular flexibility index (Phi) is 4.09. The van der Waals surface area contributed by atoms with Crippen LogP contribution in [0.1, 0.15) is 11.1 Å². The molecule has 1 spiro atoms. The first-order valence-corrected chi connectivity index (χ1v) is 10.8. The van der Waals surface area contributed by atoms with Crippen molar-refractivity contribution in [2.75, 3.05) is 31.1 Å². The van der Waals surface area contributed by atoms with E-state index in [1.54, 1.807) is 0 Å². The van der Waals surface area contributed by atoms with Crippen molar-refractivity contribution in [2.45, 2.75) is 25.2 Å². The van der Waals surface area contributed by atoms with Crippen LogP contribution in [0.15, 0.2) is 36.4 Å². The molecule has 0 aromatic heterocycles. The van der Waals surface area contributed by atoms with E-state index < -0.39 is 5.60 Å². The van der Waals surface area contributed by atoms with Gasteiger partial charge in [0.05, 0.1) is 24.5 Å². The summed E-state index contributed by atoms with van der Waals surface area (Å²) in [5.41, 5.74) is 1.69. The second kappa shape index (κ2) is 6.38. The molecule has 5 rings (SSSR count). The van der Waals surface area contributed by atoms with Crippen molar-refractivity contribution in [1.82, 2.24) is 9.80 Å². The maximum absolute atomic E-state index is 13.3. The monoisotopic (exact) mass is 384 g/mol. The number of amides is 2. The number of hydrogen-bond acceptors (Lipinski definition) is 4. The minimum atomic E-state index is -0.615. The van der Waals surface area contributed by atoms with Crippen LogP contribution in [0, 0.1) is 18.8 Å². The van der Waals surface area contributed by atoms with Crippen LogP contribution < -0.4 is 0 Å². The van der Waals surface area contributed by atoms with Crippen molar-refractivity contribution >= 4 is 23.6 Å². The molecular weight excluding hydrogens is 360 g/mol. The highest BCUT2D eigenvalue weighted by Crippen LogP contribution is 2.52. The van der Waals surface area contributed by atoms with E-state index in [4.69, 9.17) is 4.74 Å². The van der Waals surface area contributed by atoms with Crippen molar-refractivity contribution in [1.29, 1.82) is 0 Å². The van der Waals surface area contributed by atoms with Crippen LogP contribution in [0.5, 0.6) is 0 Å². The number of rotatable bonds is 3. The molecule has 6 heteroatoms. The standard InChI is InChI=1S/C21H24N2O3S/c1-14-3-2-4-15(11-14)12-23-13-21-6-5-16(26-21)17(18(21)20(23)25)19(24)22-7-9-27-10-8-22/h2-6,11,16-18H,7-10,12-13H2,1H3/t16-,17-,18-,21-/m0/s1. The van der Waals surface area contributed by atoms with Gasteiger partial charge < -0.3 is 14.5 Å². The largest absolute Gasteiger partial charge is 0.360 e. The van der Waals surface area contributed by atoms with Crippen molar-refractivity contribution in [2.24, 2.45) is 11.8 Å². The van der Waals surface area contributed by atoms with Gasteiger partial charge in [-0.05, 0) is 12.5 Å². The summed E-state index contributed by atoms with van der Waals surface area (Å²) < 4.78 is 6.24. The van der Waals surface area contributed by atoms with Gasteiger partial charge in [0.25, 0.3) is 0 Å².